The molecule has 1 aliphatic heterocycles. The van der Waals surface area contributed by atoms with Gasteiger partial charge in [0, 0.05) is 24.2 Å². The molecule has 0 saturated carbocycles. The summed E-state index contributed by atoms with van der Waals surface area (Å²) in [6, 6.07) is 0. The highest BCUT2D eigenvalue weighted by molar-refractivity contribution is 7.15. The molecule has 1 aromatic heterocycles. The average molecular weight is 215 g/mol. The highest BCUT2D eigenvalue weighted by atomic mass is 32.1. The first-order valence-corrected chi connectivity index (χ1v) is 5.36. The molecular weight excluding hydrogens is 202 g/mol. The number of rotatable bonds is 3. The molecule has 2 heterocycles. The quantitative estimate of drug-likeness (QED) is 0.717. The molecule has 1 fully saturated rings. The van der Waals surface area contributed by atoms with Crippen LogP contribution in [0.25, 0.3) is 0 Å². The summed E-state index contributed by atoms with van der Waals surface area (Å²) in [7, 11) is 0. The Morgan fingerprint density at radius 3 is 3.07 bits per heavy atom. The molecule has 78 valence electrons. The molecule has 1 aromatic rings. The molecule has 1 saturated heterocycles. The van der Waals surface area contributed by atoms with Gasteiger partial charge in [0.2, 0.25) is 0 Å². The number of nitrogens with zero attached hydrogens (tertiary/aromatic N) is 2. The van der Waals surface area contributed by atoms with E-state index >= 15 is 0 Å². The van der Waals surface area contributed by atoms with Gasteiger partial charge in [-0.05, 0) is 0 Å². The van der Waals surface area contributed by atoms with E-state index in [1.54, 1.807) is 17.5 Å². The fourth-order valence-corrected chi connectivity index (χ4v) is 2.25. The molecule has 0 bridgehead atoms. The Morgan fingerprint density at radius 2 is 2.36 bits per heavy atom. The number of thiazole rings is 1. The molecule has 14 heavy (non-hydrogen) atoms. The van der Waals surface area contributed by atoms with Crippen LogP contribution in [-0.2, 0) is 11.3 Å². The van der Waals surface area contributed by atoms with Crippen molar-refractivity contribution in [3.8, 4) is 0 Å². The van der Waals surface area contributed by atoms with E-state index in [-0.39, 0.29) is 0 Å². The smallest absolute Gasteiger partial charge is 0.185 e. The zero-order chi connectivity index (χ0) is 9.80. The second kappa shape index (κ2) is 4.70. The standard InChI is InChI=1S/C8H13N3O2S/c12-10-6-7-5-9-8(14-7)11-1-3-13-4-2-11/h5,10,12H,1-4,6H2. The maximum atomic E-state index is 8.53. The molecule has 0 amide bonds. The number of nitrogens with one attached hydrogen (secondary N) is 1. The Kier molecular flexibility index (Phi) is 3.30. The normalized spacial score (nSPS) is 17.4. The van der Waals surface area contributed by atoms with Crippen LogP contribution in [0, 0.1) is 0 Å². The summed E-state index contributed by atoms with van der Waals surface area (Å²) in [4.78, 5) is 7.54. The molecule has 0 aliphatic carbocycles. The lowest BCUT2D eigenvalue weighted by molar-refractivity contribution is 0.122. The third-order valence-corrected chi connectivity index (χ3v) is 3.13. The first-order chi connectivity index (χ1) is 6.90. The lowest BCUT2D eigenvalue weighted by Crippen LogP contribution is -2.36. The Balaban J connectivity index is 2.00. The predicted octanol–water partition coefficient (Wildman–Crippen LogP) is 0.458. The minimum atomic E-state index is 0.460. The molecule has 2 N–H and O–H groups in total. The van der Waals surface area contributed by atoms with E-state index in [2.05, 4.69) is 15.4 Å². The maximum absolute atomic E-state index is 8.53. The molecule has 0 unspecified atom stereocenters. The number of hydrogen-bond donors (Lipinski definition) is 2. The molecule has 0 spiro atoms. The Bertz CT molecular complexity index is 286. The summed E-state index contributed by atoms with van der Waals surface area (Å²) < 4.78 is 5.26. The van der Waals surface area contributed by atoms with E-state index in [4.69, 9.17) is 9.94 Å². The van der Waals surface area contributed by atoms with Crippen molar-refractivity contribution >= 4 is 16.5 Å². The van der Waals surface area contributed by atoms with Gasteiger partial charge in [0.1, 0.15) is 0 Å². The SMILES string of the molecule is ONCc1cnc(N2CCOCC2)s1. The summed E-state index contributed by atoms with van der Waals surface area (Å²) >= 11 is 1.60. The minimum absolute atomic E-state index is 0.460. The second-order valence-corrected chi connectivity index (χ2v) is 4.14. The lowest BCUT2D eigenvalue weighted by atomic mass is 10.5. The third-order valence-electron chi connectivity index (χ3n) is 2.08. The van der Waals surface area contributed by atoms with Gasteiger partial charge in [0.15, 0.2) is 5.13 Å². The molecule has 5 nitrogen and oxygen atoms in total. The van der Waals surface area contributed by atoms with E-state index in [0.717, 1.165) is 36.3 Å². The van der Waals surface area contributed by atoms with E-state index < -0.39 is 0 Å². The number of hydrogen-bond acceptors (Lipinski definition) is 6. The van der Waals surface area contributed by atoms with Gasteiger partial charge in [-0.1, -0.05) is 0 Å². The van der Waals surface area contributed by atoms with Gasteiger partial charge < -0.3 is 14.8 Å². The van der Waals surface area contributed by atoms with Crippen LogP contribution in [0.2, 0.25) is 0 Å². The van der Waals surface area contributed by atoms with Crippen LogP contribution >= 0.6 is 11.3 Å². The van der Waals surface area contributed by atoms with E-state index in [1.165, 1.54) is 0 Å². The zero-order valence-corrected chi connectivity index (χ0v) is 8.59. The number of morpholine rings is 1. The van der Waals surface area contributed by atoms with Crippen molar-refractivity contribution in [3.05, 3.63) is 11.1 Å². The molecule has 0 radical (unpaired) electrons. The van der Waals surface area contributed by atoms with Crippen LogP contribution in [0.4, 0.5) is 5.13 Å². The number of ether oxygens (including phenoxy) is 1. The van der Waals surface area contributed by atoms with Gasteiger partial charge in [0.05, 0.1) is 19.8 Å². The lowest BCUT2D eigenvalue weighted by Gasteiger charge is -2.25. The second-order valence-electron chi connectivity index (χ2n) is 3.04. The predicted molar refractivity (Wildman–Crippen MR) is 53.8 cm³/mol. The van der Waals surface area contributed by atoms with Gasteiger partial charge in [-0.25, -0.2) is 10.5 Å². The monoisotopic (exact) mass is 215 g/mol. The maximum Gasteiger partial charge on any atom is 0.185 e. The summed E-state index contributed by atoms with van der Waals surface area (Å²) in [6.07, 6.45) is 1.79. The van der Waals surface area contributed by atoms with Crippen molar-refractivity contribution in [2.24, 2.45) is 0 Å². The molecule has 6 heteroatoms. The Morgan fingerprint density at radius 1 is 1.57 bits per heavy atom. The van der Waals surface area contributed by atoms with Crippen molar-refractivity contribution in [1.82, 2.24) is 10.5 Å². The van der Waals surface area contributed by atoms with Crippen molar-refractivity contribution in [2.45, 2.75) is 6.54 Å². The number of aromatic nitrogens is 1. The van der Waals surface area contributed by atoms with Crippen LogP contribution in [0.15, 0.2) is 6.20 Å². The fourth-order valence-electron chi connectivity index (χ4n) is 1.36. The summed E-state index contributed by atoms with van der Waals surface area (Å²) in [6.45, 7) is 3.81. The highest BCUT2D eigenvalue weighted by Gasteiger charge is 2.14. The largest absolute Gasteiger partial charge is 0.378 e. The van der Waals surface area contributed by atoms with Crippen LogP contribution in [0.5, 0.6) is 0 Å². The molecule has 0 aromatic carbocycles. The van der Waals surface area contributed by atoms with Gasteiger partial charge in [-0.15, -0.1) is 11.3 Å². The Hall–Kier alpha value is -0.690. The highest BCUT2D eigenvalue weighted by Crippen LogP contribution is 2.22. The third kappa shape index (κ3) is 2.21. The fraction of sp³-hybridized carbons (Fsp3) is 0.625. The summed E-state index contributed by atoms with van der Waals surface area (Å²) in [5.74, 6) is 0. The average Bonchev–Trinajstić information content (AvgIpc) is 2.68. The minimum Gasteiger partial charge on any atom is -0.378 e. The first kappa shape index (κ1) is 9.85. The molecule has 2 rings (SSSR count). The first-order valence-electron chi connectivity index (χ1n) is 4.54. The van der Waals surface area contributed by atoms with Crippen LogP contribution < -0.4 is 10.4 Å². The van der Waals surface area contributed by atoms with Gasteiger partial charge in [-0.2, -0.15) is 0 Å². The van der Waals surface area contributed by atoms with E-state index in [9.17, 15) is 0 Å². The van der Waals surface area contributed by atoms with Crippen molar-refractivity contribution < 1.29 is 9.94 Å². The van der Waals surface area contributed by atoms with Crippen molar-refractivity contribution in [2.75, 3.05) is 31.2 Å². The topological polar surface area (TPSA) is 57.6 Å². The van der Waals surface area contributed by atoms with Crippen LogP contribution in [0.3, 0.4) is 0 Å². The summed E-state index contributed by atoms with van der Waals surface area (Å²) in [5, 5.41) is 9.55. The van der Waals surface area contributed by atoms with Crippen LogP contribution in [-0.4, -0.2) is 36.5 Å². The van der Waals surface area contributed by atoms with Gasteiger partial charge >= 0.3 is 0 Å². The van der Waals surface area contributed by atoms with Gasteiger partial charge in [0.25, 0.3) is 0 Å². The number of hydroxylamine groups is 1. The van der Waals surface area contributed by atoms with E-state index in [0.29, 0.717) is 6.54 Å². The molecular formula is C8H13N3O2S. The summed E-state index contributed by atoms with van der Waals surface area (Å²) in [5.41, 5.74) is 2.13. The van der Waals surface area contributed by atoms with Crippen molar-refractivity contribution in [1.29, 1.82) is 0 Å². The van der Waals surface area contributed by atoms with Crippen LogP contribution in [0.1, 0.15) is 4.88 Å². The van der Waals surface area contributed by atoms with Gasteiger partial charge in [-0.3, -0.25) is 0 Å². The van der Waals surface area contributed by atoms with Crippen molar-refractivity contribution in [3.63, 3.8) is 0 Å². The molecule has 0 atom stereocenters. The molecule has 1 aliphatic rings. The Labute approximate surface area is 86.3 Å². The van der Waals surface area contributed by atoms with E-state index in [1.807, 2.05) is 0 Å². The number of anilines is 1. The zero-order valence-electron chi connectivity index (χ0n) is 7.77.